The van der Waals surface area contributed by atoms with Crippen LogP contribution >= 0.6 is 0 Å². The Kier molecular flexibility index (Phi) is 4.61. The Morgan fingerprint density at radius 3 is 2.30 bits per heavy atom. The van der Waals surface area contributed by atoms with Crippen molar-refractivity contribution < 1.29 is 0 Å². The summed E-state index contributed by atoms with van der Waals surface area (Å²) in [6, 6.07) is 18.4. The molecule has 1 nitrogen and oxygen atoms in total. The van der Waals surface area contributed by atoms with Crippen LogP contribution in [0.1, 0.15) is 78.3 Å². The van der Waals surface area contributed by atoms with E-state index in [-0.39, 0.29) is 10.8 Å². The molecule has 0 fully saturated rings. The normalized spacial score (nSPS) is 19.9. The zero-order valence-electron chi connectivity index (χ0n) is 18.9. The maximum Gasteiger partial charge on any atom is 0.0409 e. The molecular weight excluding hydrogens is 362 g/mol. The Balaban J connectivity index is 1.51. The predicted octanol–water partition coefficient (Wildman–Crippen LogP) is 6.65. The van der Waals surface area contributed by atoms with Gasteiger partial charge in [-0.15, -0.1) is 0 Å². The molecule has 2 aliphatic carbocycles. The number of hydrogen-bond acceptors (Lipinski definition) is 1. The van der Waals surface area contributed by atoms with Gasteiger partial charge in [-0.3, -0.25) is 4.98 Å². The van der Waals surface area contributed by atoms with E-state index in [0.717, 1.165) is 12.8 Å². The monoisotopic (exact) mass is 395 g/mol. The third-order valence-corrected chi connectivity index (χ3v) is 7.53. The largest absolute Gasteiger partial charge is 0.261 e. The topological polar surface area (TPSA) is 12.9 Å². The van der Waals surface area contributed by atoms with Gasteiger partial charge in [0.15, 0.2) is 0 Å². The molecule has 0 bridgehead atoms. The van der Waals surface area contributed by atoms with Gasteiger partial charge in [-0.1, -0.05) is 57.2 Å². The summed E-state index contributed by atoms with van der Waals surface area (Å²) in [7, 11) is 0. The molecule has 2 aliphatic rings. The van der Waals surface area contributed by atoms with E-state index in [4.69, 9.17) is 4.98 Å². The van der Waals surface area contributed by atoms with Crippen molar-refractivity contribution in [1.29, 1.82) is 0 Å². The maximum absolute atomic E-state index is 4.70. The molecule has 2 aromatic carbocycles. The van der Waals surface area contributed by atoms with Crippen molar-refractivity contribution in [2.24, 2.45) is 0 Å². The van der Waals surface area contributed by atoms with Gasteiger partial charge in [0.1, 0.15) is 0 Å². The molecule has 30 heavy (non-hydrogen) atoms. The smallest absolute Gasteiger partial charge is 0.0409 e. The average molecular weight is 396 g/mol. The lowest BCUT2D eigenvalue weighted by atomic mass is 9.73. The summed E-state index contributed by atoms with van der Waals surface area (Å²) >= 11 is 0. The second-order valence-corrected chi connectivity index (χ2v) is 10.4. The number of hydrogen-bond donors (Lipinski definition) is 0. The summed E-state index contributed by atoms with van der Waals surface area (Å²) < 4.78 is 0. The van der Waals surface area contributed by atoms with Gasteiger partial charge in [0.05, 0.1) is 0 Å². The van der Waals surface area contributed by atoms with Gasteiger partial charge < -0.3 is 0 Å². The molecule has 3 aromatic rings. The predicted molar refractivity (Wildman–Crippen MR) is 125 cm³/mol. The van der Waals surface area contributed by atoms with Crippen molar-refractivity contribution in [3.05, 3.63) is 99.4 Å². The number of rotatable bonds is 3. The number of aryl methyl sites for hydroxylation is 5. The molecule has 1 heterocycles. The summed E-state index contributed by atoms with van der Waals surface area (Å²) in [5.41, 5.74) is 12.5. The number of nitrogens with zero attached hydrogens (tertiary/aromatic N) is 1. The van der Waals surface area contributed by atoms with Crippen LogP contribution in [-0.2, 0) is 36.5 Å². The van der Waals surface area contributed by atoms with Crippen LogP contribution in [0.15, 0.2) is 54.7 Å². The summed E-state index contributed by atoms with van der Waals surface area (Å²) in [5, 5.41) is 0. The van der Waals surface area contributed by atoms with E-state index in [1.54, 1.807) is 27.8 Å². The highest BCUT2D eigenvalue weighted by molar-refractivity contribution is 5.58. The van der Waals surface area contributed by atoms with Crippen LogP contribution in [0.2, 0.25) is 0 Å². The molecule has 0 aliphatic heterocycles. The van der Waals surface area contributed by atoms with E-state index in [9.17, 15) is 0 Å². The van der Waals surface area contributed by atoms with Crippen LogP contribution in [-0.4, -0.2) is 4.98 Å². The van der Waals surface area contributed by atoms with Crippen LogP contribution in [0.4, 0.5) is 0 Å². The van der Waals surface area contributed by atoms with Gasteiger partial charge in [-0.2, -0.15) is 0 Å². The van der Waals surface area contributed by atoms with Gasteiger partial charge in [-0.05, 0) is 102 Å². The summed E-state index contributed by atoms with van der Waals surface area (Å²) in [4.78, 5) is 4.70. The third kappa shape index (κ3) is 3.11. The minimum atomic E-state index is 0.167. The number of benzene rings is 2. The van der Waals surface area contributed by atoms with E-state index >= 15 is 0 Å². The van der Waals surface area contributed by atoms with Gasteiger partial charge in [-0.25, -0.2) is 0 Å². The number of pyridine rings is 1. The molecule has 1 spiro atoms. The molecule has 0 saturated carbocycles. The minimum absolute atomic E-state index is 0.167. The van der Waals surface area contributed by atoms with Crippen molar-refractivity contribution in [3.8, 4) is 0 Å². The summed E-state index contributed by atoms with van der Waals surface area (Å²) in [6.45, 7) is 9.15. The van der Waals surface area contributed by atoms with E-state index in [1.165, 1.54) is 42.5 Å². The van der Waals surface area contributed by atoms with Crippen molar-refractivity contribution in [2.45, 2.75) is 77.0 Å². The van der Waals surface area contributed by atoms with E-state index < -0.39 is 0 Å². The van der Waals surface area contributed by atoms with E-state index in [0.29, 0.717) is 0 Å². The third-order valence-electron chi connectivity index (χ3n) is 7.53. The Labute approximate surface area is 181 Å². The minimum Gasteiger partial charge on any atom is -0.261 e. The molecule has 154 valence electrons. The molecule has 0 amide bonds. The lowest BCUT2D eigenvalue weighted by molar-refractivity contribution is 0.501. The first-order valence-electron chi connectivity index (χ1n) is 11.5. The highest BCUT2D eigenvalue weighted by Crippen LogP contribution is 2.54. The van der Waals surface area contributed by atoms with E-state index in [2.05, 4.69) is 76.2 Å². The molecule has 0 N–H and O–H groups in total. The summed E-state index contributed by atoms with van der Waals surface area (Å²) in [6.07, 6.45) is 9.06. The van der Waals surface area contributed by atoms with Gasteiger partial charge in [0.25, 0.3) is 0 Å². The first kappa shape index (κ1) is 19.5. The van der Waals surface area contributed by atoms with Crippen LogP contribution < -0.4 is 0 Å². The molecule has 0 unspecified atom stereocenters. The van der Waals surface area contributed by atoms with Crippen LogP contribution in [0.25, 0.3) is 0 Å². The Morgan fingerprint density at radius 1 is 0.867 bits per heavy atom. The first-order valence-corrected chi connectivity index (χ1v) is 11.5. The standard InChI is InChI=1S/C29H33N/c1-20-7-5-8-22-13-16-29(26(20)22)17-14-23-10-6-9-21(27(23)29)11-12-25-19-24(15-18-30-25)28(2,3)4/h5-10,15,18-19H,11-14,16-17H2,1-4H3/t29-/m1/s1. The fourth-order valence-electron chi connectivity index (χ4n) is 6.10. The molecule has 1 heteroatoms. The number of aromatic nitrogens is 1. The number of fused-ring (bicyclic) bond motifs is 4. The quantitative estimate of drug-likeness (QED) is 0.484. The lowest BCUT2D eigenvalue weighted by Crippen LogP contribution is -2.24. The maximum atomic E-state index is 4.70. The van der Waals surface area contributed by atoms with E-state index in [1.807, 2.05) is 6.20 Å². The highest BCUT2D eigenvalue weighted by atomic mass is 14.7. The van der Waals surface area contributed by atoms with Crippen LogP contribution in [0, 0.1) is 6.92 Å². The average Bonchev–Trinajstić information content (AvgIpc) is 3.29. The Bertz CT molecular complexity index is 1100. The second kappa shape index (κ2) is 7.08. The van der Waals surface area contributed by atoms with Crippen molar-refractivity contribution in [2.75, 3.05) is 0 Å². The first-order chi connectivity index (χ1) is 14.4. The van der Waals surface area contributed by atoms with Crippen molar-refractivity contribution in [1.82, 2.24) is 4.98 Å². The molecule has 0 saturated heterocycles. The van der Waals surface area contributed by atoms with Crippen molar-refractivity contribution >= 4 is 0 Å². The fourth-order valence-corrected chi connectivity index (χ4v) is 6.10. The molecule has 5 rings (SSSR count). The SMILES string of the molecule is Cc1cccc2c1[C@@]1(CC2)CCc2cccc(CCc3cc(C(C)(C)C)ccn3)c21. The zero-order valence-corrected chi connectivity index (χ0v) is 18.9. The van der Waals surface area contributed by atoms with Gasteiger partial charge in [0, 0.05) is 17.3 Å². The fraction of sp³-hybridized carbons (Fsp3) is 0.414. The molecular formula is C29H33N. The Morgan fingerprint density at radius 2 is 1.57 bits per heavy atom. The summed E-state index contributed by atoms with van der Waals surface area (Å²) in [5.74, 6) is 0. The molecule has 1 atom stereocenters. The second-order valence-electron chi connectivity index (χ2n) is 10.4. The zero-order chi connectivity index (χ0) is 20.9. The van der Waals surface area contributed by atoms with Gasteiger partial charge >= 0.3 is 0 Å². The van der Waals surface area contributed by atoms with Crippen molar-refractivity contribution in [3.63, 3.8) is 0 Å². The van der Waals surface area contributed by atoms with Crippen LogP contribution in [0.3, 0.4) is 0 Å². The van der Waals surface area contributed by atoms with Crippen LogP contribution in [0.5, 0.6) is 0 Å². The van der Waals surface area contributed by atoms with Gasteiger partial charge in [0.2, 0.25) is 0 Å². The lowest BCUT2D eigenvalue weighted by Gasteiger charge is -2.30. The highest BCUT2D eigenvalue weighted by Gasteiger charge is 2.46. The molecule has 0 radical (unpaired) electrons. The Hall–Kier alpha value is -2.41. The molecule has 1 aromatic heterocycles.